The first kappa shape index (κ1) is 17.2. The lowest BCUT2D eigenvalue weighted by Crippen LogP contribution is -2.32. The molecule has 6 heteroatoms. The van der Waals surface area contributed by atoms with Gasteiger partial charge in [-0.05, 0) is 17.4 Å². The number of nitrogens with one attached hydrogen (secondary N) is 2. The van der Waals surface area contributed by atoms with E-state index in [0.717, 1.165) is 0 Å². The molecule has 0 fully saturated rings. The van der Waals surface area contributed by atoms with Gasteiger partial charge in [-0.2, -0.15) is 0 Å². The normalized spacial score (nSPS) is 9.90. The van der Waals surface area contributed by atoms with Crippen molar-refractivity contribution in [1.82, 2.24) is 10.6 Å². The van der Waals surface area contributed by atoms with E-state index in [4.69, 9.17) is 5.73 Å². The summed E-state index contributed by atoms with van der Waals surface area (Å²) in [6.45, 7) is 5.28. The predicted molar refractivity (Wildman–Crippen MR) is 85.0 cm³/mol. The molecule has 0 unspecified atom stereocenters. The molecule has 114 valence electrons. The molecule has 4 N–H and O–H groups in total. The first-order chi connectivity index (χ1) is 10.0. The minimum Gasteiger partial charge on any atom is -0.356 e. The Hall–Kier alpha value is -1.84. The Labute approximate surface area is 129 Å². The van der Waals surface area contributed by atoms with Gasteiger partial charge in [-0.3, -0.25) is 9.59 Å². The summed E-state index contributed by atoms with van der Waals surface area (Å²) in [6.07, 6.45) is 0.271. The Morgan fingerprint density at radius 2 is 2.14 bits per heavy atom. The van der Waals surface area contributed by atoms with Gasteiger partial charge in [0.1, 0.15) is 4.88 Å². The van der Waals surface area contributed by atoms with Gasteiger partial charge in [0.2, 0.25) is 5.91 Å². The molecule has 0 aliphatic carbocycles. The van der Waals surface area contributed by atoms with Crippen LogP contribution >= 0.6 is 11.3 Å². The van der Waals surface area contributed by atoms with E-state index in [0.29, 0.717) is 29.4 Å². The van der Waals surface area contributed by atoms with Gasteiger partial charge in [-0.1, -0.05) is 25.7 Å². The first-order valence-electron chi connectivity index (χ1n) is 6.86. The molecule has 0 saturated heterocycles. The molecule has 5 nitrogen and oxygen atoms in total. The van der Waals surface area contributed by atoms with Crippen LogP contribution in [0.4, 0.5) is 0 Å². The Balaban J connectivity index is 2.41. The van der Waals surface area contributed by atoms with Crippen molar-refractivity contribution in [2.24, 2.45) is 11.7 Å². The summed E-state index contributed by atoms with van der Waals surface area (Å²) in [7, 11) is 0. The molecule has 0 radical (unpaired) electrons. The van der Waals surface area contributed by atoms with Crippen LogP contribution in [-0.2, 0) is 4.79 Å². The maximum atomic E-state index is 12.0. The third-order valence-corrected chi connectivity index (χ3v) is 3.45. The van der Waals surface area contributed by atoms with Gasteiger partial charge in [-0.15, -0.1) is 11.3 Å². The van der Waals surface area contributed by atoms with Crippen molar-refractivity contribution < 1.29 is 9.59 Å². The monoisotopic (exact) mass is 307 g/mol. The summed E-state index contributed by atoms with van der Waals surface area (Å²) in [5, 5.41) is 7.35. The minimum atomic E-state index is -0.206. The van der Waals surface area contributed by atoms with Crippen LogP contribution in [0.15, 0.2) is 11.4 Å². The molecule has 2 amide bonds. The van der Waals surface area contributed by atoms with E-state index >= 15 is 0 Å². The highest BCUT2D eigenvalue weighted by atomic mass is 32.1. The third kappa shape index (κ3) is 6.43. The summed E-state index contributed by atoms with van der Waals surface area (Å²) >= 11 is 1.33. The number of carbonyl (C=O) groups is 2. The Morgan fingerprint density at radius 1 is 1.38 bits per heavy atom. The van der Waals surface area contributed by atoms with Crippen molar-refractivity contribution in [1.29, 1.82) is 0 Å². The van der Waals surface area contributed by atoms with E-state index in [1.165, 1.54) is 11.3 Å². The number of rotatable bonds is 6. The molecular weight excluding hydrogens is 286 g/mol. The zero-order valence-electron chi connectivity index (χ0n) is 12.4. The average molecular weight is 307 g/mol. The zero-order chi connectivity index (χ0) is 15.7. The van der Waals surface area contributed by atoms with Crippen LogP contribution in [0.1, 0.15) is 35.5 Å². The second kappa shape index (κ2) is 9.16. The first-order valence-corrected chi connectivity index (χ1v) is 7.74. The SMILES string of the molecule is CC(C)CNC(=O)CCNC(=O)c1sccc1C#CCN. The largest absolute Gasteiger partial charge is 0.356 e. The molecule has 0 aliphatic rings. The second-order valence-electron chi connectivity index (χ2n) is 4.87. The van der Waals surface area contributed by atoms with Gasteiger partial charge in [0, 0.05) is 25.1 Å². The molecular formula is C15H21N3O2S. The van der Waals surface area contributed by atoms with Crippen LogP contribution in [-0.4, -0.2) is 31.4 Å². The molecule has 0 saturated carbocycles. The number of nitrogens with two attached hydrogens (primary N) is 1. The zero-order valence-corrected chi connectivity index (χ0v) is 13.2. The smallest absolute Gasteiger partial charge is 0.262 e. The van der Waals surface area contributed by atoms with Crippen LogP contribution in [0.5, 0.6) is 0 Å². The maximum absolute atomic E-state index is 12.0. The molecule has 0 spiro atoms. The number of thiophene rings is 1. The quantitative estimate of drug-likeness (QED) is 0.684. The van der Waals surface area contributed by atoms with Gasteiger partial charge in [0.25, 0.3) is 5.91 Å². The van der Waals surface area contributed by atoms with Crippen molar-refractivity contribution in [3.05, 3.63) is 21.9 Å². The fourth-order valence-corrected chi connectivity index (χ4v) is 2.27. The molecule has 1 heterocycles. The highest BCUT2D eigenvalue weighted by molar-refractivity contribution is 7.12. The molecule has 0 aromatic carbocycles. The predicted octanol–water partition coefficient (Wildman–Crippen LogP) is 0.950. The summed E-state index contributed by atoms with van der Waals surface area (Å²) in [5.41, 5.74) is 5.99. The highest BCUT2D eigenvalue weighted by Gasteiger charge is 2.12. The molecule has 21 heavy (non-hydrogen) atoms. The number of hydrogen-bond donors (Lipinski definition) is 3. The molecule has 1 rings (SSSR count). The van der Waals surface area contributed by atoms with Gasteiger partial charge in [0.05, 0.1) is 6.54 Å². The van der Waals surface area contributed by atoms with Crippen LogP contribution in [0, 0.1) is 17.8 Å². The average Bonchev–Trinajstić information content (AvgIpc) is 2.91. The van der Waals surface area contributed by atoms with Crippen LogP contribution in [0.25, 0.3) is 0 Å². The Bertz CT molecular complexity index is 541. The van der Waals surface area contributed by atoms with E-state index in [-0.39, 0.29) is 24.8 Å². The lowest BCUT2D eigenvalue weighted by molar-refractivity contribution is -0.121. The number of hydrogen-bond acceptors (Lipinski definition) is 4. The standard InChI is InChI=1S/C15H21N3O2S/c1-11(2)10-18-13(19)5-8-17-15(20)14-12(4-3-7-16)6-9-21-14/h6,9,11H,5,7-8,10,16H2,1-2H3,(H,17,20)(H,18,19). The Morgan fingerprint density at radius 3 is 2.81 bits per heavy atom. The van der Waals surface area contributed by atoms with Crippen LogP contribution in [0.3, 0.4) is 0 Å². The van der Waals surface area contributed by atoms with E-state index in [9.17, 15) is 9.59 Å². The summed E-state index contributed by atoms with van der Waals surface area (Å²) in [5.74, 6) is 5.74. The van der Waals surface area contributed by atoms with E-state index in [1.54, 1.807) is 6.07 Å². The maximum Gasteiger partial charge on any atom is 0.262 e. The second-order valence-corrected chi connectivity index (χ2v) is 5.79. The molecule has 0 bridgehead atoms. The van der Waals surface area contributed by atoms with Gasteiger partial charge >= 0.3 is 0 Å². The summed E-state index contributed by atoms with van der Waals surface area (Å²) in [4.78, 5) is 24.1. The Kier molecular flexibility index (Phi) is 7.51. The number of amides is 2. The fraction of sp³-hybridized carbons (Fsp3) is 0.467. The lowest BCUT2D eigenvalue weighted by atomic mass is 10.2. The summed E-state index contributed by atoms with van der Waals surface area (Å²) in [6, 6.07) is 1.79. The minimum absolute atomic E-state index is 0.0571. The van der Waals surface area contributed by atoms with E-state index in [1.807, 2.05) is 19.2 Å². The van der Waals surface area contributed by atoms with Crippen molar-refractivity contribution >= 4 is 23.2 Å². The van der Waals surface area contributed by atoms with Gasteiger partial charge in [-0.25, -0.2) is 0 Å². The van der Waals surface area contributed by atoms with Crippen molar-refractivity contribution in [2.45, 2.75) is 20.3 Å². The molecule has 1 aromatic rings. The van der Waals surface area contributed by atoms with Crippen LogP contribution in [0.2, 0.25) is 0 Å². The lowest BCUT2D eigenvalue weighted by Gasteiger charge is -2.08. The van der Waals surface area contributed by atoms with Crippen molar-refractivity contribution in [2.75, 3.05) is 19.6 Å². The molecule has 0 aliphatic heterocycles. The fourth-order valence-electron chi connectivity index (χ4n) is 1.51. The van der Waals surface area contributed by atoms with E-state index < -0.39 is 0 Å². The van der Waals surface area contributed by atoms with E-state index in [2.05, 4.69) is 22.5 Å². The van der Waals surface area contributed by atoms with Crippen LogP contribution < -0.4 is 16.4 Å². The van der Waals surface area contributed by atoms with Crippen molar-refractivity contribution in [3.63, 3.8) is 0 Å². The molecule has 1 aromatic heterocycles. The molecule has 0 atom stereocenters. The van der Waals surface area contributed by atoms with Crippen molar-refractivity contribution in [3.8, 4) is 11.8 Å². The van der Waals surface area contributed by atoms with Gasteiger partial charge < -0.3 is 16.4 Å². The topological polar surface area (TPSA) is 84.2 Å². The third-order valence-electron chi connectivity index (χ3n) is 2.54. The highest BCUT2D eigenvalue weighted by Crippen LogP contribution is 2.15. The number of carbonyl (C=O) groups excluding carboxylic acids is 2. The van der Waals surface area contributed by atoms with Gasteiger partial charge in [0.15, 0.2) is 0 Å². The summed E-state index contributed by atoms with van der Waals surface area (Å²) < 4.78 is 0.